The van der Waals surface area contributed by atoms with Crippen molar-refractivity contribution in [3.05, 3.63) is 71.2 Å². The molecule has 1 N–H and O–H groups in total. The van der Waals surface area contributed by atoms with Gasteiger partial charge in [0.05, 0.1) is 0 Å². The van der Waals surface area contributed by atoms with Crippen molar-refractivity contribution in [3.63, 3.8) is 0 Å². The smallest absolute Gasteiger partial charge is 0.186 e. The number of allylic oxidation sites excluding steroid dienone is 1. The van der Waals surface area contributed by atoms with Crippen LogP contribution in [0.15, 0.2) is 54.9 Å². The number of hydrogen-bond acceptors (Lipinski definition) is 3. The van der Waals surface area contributed by atoms with Crippen LogP contribution < -0.4 is 4.73 Å². The molecule has 0 aliphatic heterocycles. The summed E-state index contributed by atoms with van der Waals surface area (Å²) in [6, 6.07) is 9.44. The van der Waals surface area contributed by atoms with Gasteiger partial charge in [-0.25, -0.2) is 0 Å². The minimum absolute atomic E-state index is 0.177. The lowest BCUT2D eigenvalue weighted by molar-refractivity contribution is -0.605. The van der Waals surface area contributed by atoms with E-state index in [0.29, 0.717) is 10.3 Å². The molecule has 0 fully saturated rings. The van der Waals surface area contributed by atoms with E-state index < -0.39 is 0 Å². The van der Waals surface area contributed by atoms with Gasteiger partial charge >= 0.3 is 0 Å². The summed E-state index contributed by atoms with van der Waals surface area (Å²) in [6.07, 6.45) is 5.64. The Bertz CT molecular complexity index is 571. The van der Waals surface area contributed by atoms with E-state index in [0.717, 1.165) is 5.56 Å². The van der Waals surface area contributed by atoms with Crippen LogP contribution in [0.4, 0.5) is 0 Å². The number of nitrogens with zero attached hydrogens (tertiary/aromatic N) is 1. The number of pyridine rings is 1. The molecule has 1 heterocycles. The van der Waals surface area contributed by atoms with Crippen LogP contribution in [0.25, 0.3) is 6.08 Å². The highest BCUT2D eigenvalue weighted by Crippen LogP contribution is 2.11. The van der Waals surface area contributed by atoms with Crippen LogP contribution in [0.1, 0.15) is 15.9 Å². The number of phenols is 1. The van der Waals surface area contributed by atoms with Crippen LogP contribution in [0.2, 0.25) is 0 Å². The van der Waals surface area contributed by atoms with Gasteiger partial charge in [-0.3, -0.25) is 4.79 Å². The third-order valence-electron chi connectivity index (χ3n) is 2.41. The van der Waals surface area contributed by atoms with Gasteiger partial charge in [-0.1, -0.05) is 18.2 Å². The van der Waals surface area contributed by atoms with E-state index in [1.54, 1.807) is 30.3 Å². The molecule has 4 heteroatoms. The van der Waals surface area contributed by atoms with Gasteiger partial charge in [0.15, 0.2) is 18.2 Å². The molecule has 0 unspecified atom stereocenters. The largest absolute Gasteiger partial charge is 0.619 e. The zero-order valence-corrected chi connectivity index (χ0v) is 9.48. The van der Waals surface area contributed by atoms with Crippen molar-refractivity contribution in [2.24, 2.45) is 0 Å². The van der Waals surface area contributed by atoms with Gasteiger partial charge in [-0.05, 0) is 23.8 Å². The minimum Gasteiger partial charge on any atom is -0.619 e. The normalized spacial score (nSPS) is 10.7. The van der Waals surface area contributed by atoms with E-state index in [1.165, 1.54) is 30.6 Å². The lowest BCUT2D eigenvalue weighted by Crippen LogP contribution is -2.24. The van der Waals surface area contributed by atoms with Crippen LogP contribution in [-0.2, 0) is 0 Å². The van der Waals surface area contributed by atoms with Crippen LogP contribution >= 0.6 is 0 Å². The zero-order valence-electron chi connectivity index (χ0n) is 9.48. The maximum absolute atomic E-state index is 11.7. The highest BCUT2D eigenvalue weighted by molar-refractivity contribution is 6.06. The lowest BCUT2D eigenvalue weighted by Gasteiger charge is -1.97. The molecular weight excluding hydrogens is 230 g/mol. The summed E-state index contributed by atoms with van der Waals surface area (Å²) in [5.41, 5.74) is 1.27. The Kier molecular flexibility index (Phi) is 3.38. The van der Waals surface area contributed by atoms with Crippen LogP contribution in [0.3, 0.4) is 0 Å². The van der Waals surface area contributed by atoms with Crippen LogP contribution in [-0.4, -0.2) is 10.9 Å². The standard InChI is InChI=1S/C14H11NO3/c16-13-4-1-11(2-5-13)3-6-14(17)12-7-9-15(18)10-8-12/h1-10,16H/b6-3+. The predicted molar refractivity (Wildman–Crippen MR) is 66.9 cm³/mol. The van der Waals surface area contributed by atoms with E-state index in [2.05, 4.69) is 0 Å². The summed E-state index contributed by atoms with van der Waals surface area (Å²) in [6.45, 7) is 0. The number of hydrogen-bond donors (Lipinski definition) is 1. The SMILES string of the molecule is O=C(/C=C/c1ccc(O)cc1)c1cc[n+]([O-])cc1. The number of ketones is 1. The number of carbonyl (C=O) groups excluding carboxylic acids is 1. The molecule has 1 aromatic heterocycles. The molecule has 0 aliphatic rings. The Morgan fingerprint density at radius 1 is 1.11 bits per heavy atom. The molecule has 0 aliphatic carbocycles. The number of benzene rings is 1. The monoisotopic (exact) mass is 241 g/mol. The van der Waals surface area contributed by atoms with E-state index in [9.17, 15) is 10.0 Å². The fraction of sp³-hybridized carbons (Fsp3) is 0. The van der Waals surface area contributed by atoms with Crippen LogP contribution in [0, 0.1) is 5.21 Å². The fourth-order valence-electron chi connectivity index (χ4n) is 1.43. The molecule has 0 amide bonds. The third kappa shape index (κ3) is 2.95. The minimum atomic E-state index is -0.177. The molecule has 1 aromatic carbocycles. The summed E-state index contributed by atoms with van der Waals surface area (Å²) in [7, 11) is 0. The molecule has 0 saturated carbocycles. The Hall–Kier alpha value is -2.62. The third-order valence-corrected chi connectivity index (χ3v) is 2.41. The van der Waals surface area contributed by atoms with Gasteiger partial charge in [0.2, 0.25) is 0 Å². The maximum Gasteiger partial charge on any atom is 0.186 e. The molecule has 90 valence electrons. The van der Waals surface area contributed by atoms with Gasteiger partial charge in [-0.15, -0.1) is 0 Å². The highest BCUT2D eigenvalue weighted by atomic mass is 16.5. The number of aromatic nitrogens is 1. The second-order valence-electron chi connectivity index (χ2n) is 3.74. The van der Waals surface area contributed by atoms with Gasteiger partial charge < -0.3 is 10.3 Å². The first-order valence-corrected chi connectivity index (χ1v) is 5.35. The van der Waals surface area contributed by atoms with Crippen molar-refractivity contribution in [1.82, 2.24) is 0 Å². The van der Waals surface area contributed by atoms with Crippen molar-refractivity contribution < 1.29 is 14.6 Å². The van der Waals surface area contributed by atoms with Gasteiger partial charge in [-0.2, -0.15) is 4.73 Å². The second kappa shape index (κ2) is 5.14. The average molecular weight is 241 g/mol. The molecular formula is C14H11NO3. The van der Waals surface area contributed by atoms with E-state index in [-0.39, 0.29) is 11.5 Å². The molecule has 0 spiro atoms. The van der Waals surface area contributed by atoms with E-state index in [1.807, 2.05) is 0 Å². The summed E-state index contributed by atoms with van der Waals surface area (Å²) in [5, 5.41) is 19.9. The Labute approximate surface area is 104 Å². The van der Waals surface area contributed by atoms with Gasteiger partial charge in [0.25, 0.3) is 0 Å². The summed E-state index contributed by atoms with van der Waals surface area (Å²) < 4.78 is 0.625. The van der Waals surface area contributed by atoms with E-state index >= 15 is 0 Å². The van der Waals surface area contributed by atoms with Crippen molar-refractivity contribution in [2.75, 3.05) is 0 Å². The first kappa shape index (κ1) is 11.9. The second-order valence-corrected chi connectivity index (χ2v) is 3.74. The van der Waals surface area contributed by atoms with Crippen molar-refractivity contribution in [1.29, 1.82) is 0 Å². The first-order valence-electron chi connectivity index (χ1n) is 5.35. The number of phenolic OH excluding ortho intramolecular Hbond substituents is 1. The summed E-state index contributed by atoms with van der Waals surface area (Å²) in [5.74, 6) is 0.00482. The summed E-state index contributed by atoms with van der Waals surface area (Å²) in [4.78, 5) is 11.7. The average Bonchev–Trinajstić information content (AvgIpc) is 2.38. The Morgan fingerprint density at radius 2 is 1.72 bits per heavy atom. The lowest BCUT2D eigenvalue weighted by atomic mass is 10.1. The number of rotatable bonds is 3. The number of carbonyl (C=O) groups is 1. The van der Waals surface area contributed by atoms with Gasteiger partial charge in [0.1, 0.15) is 5.75 Å². The van der Waals surface area contributed by atoms with Gasteiger partial charge in [0, 0.05) is 17.7 Å². The quantitative estimate of drug-likeness (QED) is 0.386. The molecule has 4 nitrogen and oxygen atoms in total. The van der Waals surface area contributed by atoms with E-state index in [4.69, 9.17) is 5.11 Å². The topological polar surface area (TPSA) is 64.2 Å². The molecule has 0 atom stereocenters. The molecule has 18 heavy (non-hydrogen) atoms. The van der Waals surface area contributed by atoms with Crippen molar-refractivity contribution >= 4 is 11.9 Å². The molecule has 0 saturated heterocycles. The van der Waals surface area contributed by atoms with Crippen molar-refractivity contribution in [2.45, 2.75) is 0 Å². The Morgan fingerprint density at radius 3 is 2.33 bits per heavy atom. The zero-order chi connectivity index (χ0) is 13.0. The Balaban J connectivity index is 2.11. The maximum atomic E-state index is 11.7. The highest BCUT2D eigenvalue weighted by Gasteiger charge is 2.02. The molecule has 2 aromatic rings. The number of aromatic hydroxyl groups is 1. The summed E-state index contributed by atoms with van der Waals surface area (Å²) >= 11 is 0. The van der Waals surface area contributed by atoms with Crippen molar-refractivity contribution in [3.8, 4) is 5.75 Å². The predicted octanol–water partition coefficient (Wildman–Crippen LogP) is 1.92. The molecule has 0 bridgehead atoms. The first-order chi connectivity index (χ1) is 8.65. The molecule has 0 radical (unpaired) electrons. The molecule has 2 rings (SSSR count). The fourth-order valence-corrected chi connectivity index (χ4v) is 1.43. The van der Waals surface area contributed by atoms with Crippen LogP contribution in [0.5, 0.6) is 5.75 Å².